The Morgan fingerprint density at radius 3 is 2.16 bits per heavy atom. The Labute approximate surface area is 221 Å². The average Bonchev–Trinajstić information content (AvgIpc) is 2.98. The summed E-state index contributed by atoms with van der Waals surface area (Å²) in [6.45, 7) is 0.787. The van der Waals surface area contributed by atoms with Crippen LogP contribution in [0, 0.1) is 0 Å². The maximum absolute atomic E-state index is 13.8. The summed E-state index contributed by atoms with van der Waals surface area (Å²) in [6, 6.07) is 27.0. The van der Waals surface area contributed by atoms with Crippen molar-refractivity contribution in [3.8, 4) is 39.8 Å². The van der Waals surface area contributed by atoms with Crippen molar-refractivity contribution < 1.29 is 14.2 Å². The molecule has 0 unspecified atom stereocenters. The highest BCUT2D eigenvalue weighted by Crippen LogP contribution is 2.34. The van der Waals surface area contributed by atoms with Crippen LogP contribution >= 0.6 is 0 Å². The van der Waals surface area contributed by atoms with Crippen LogP contribution in [0.2, 0.25) is 0 Å². The second-order valence-electron chi connectivity index (χ2n) is 8.88. The zero-order chi connectivity index (χ0) is 26.6. The number of fused-ring (bicyclic) bond motifs is 1. The molecule has 1 aromatic heterocycles. The zero-order valence-corrected chi connectivity index (χ0v) is 21.6. The third-order valence-electron chi connectivity index (χ3n) is 6.59. The van der Waals surface area contributed by atoms with Gasteiger partial charge in [-0.3, -0.25) is 9.36 Å². The van der Waals surface area contributed by atoms with E-state index in [4.69, 9.17) is 24.9 Å². The normalized spacial score (nSPS) is 10.9. The number of hydrogen-bond acceptors (Lipinski definition) is 6. The number of benzene rings is 4. The summed E-state index contributed by atoms with van der Waals surface area (Å²) in [6.07, 6.45) is 0. The Kier molecular flexibility index (Phi) is 7.11. The van der Waals surface area contributed by atoms with Crippen molar-refractivity contribution in [2.24, 2.45) is 5.73 Å². The van der Waals surface area contributed by atoms with E-state index in [9.17, 15) is 4.79 Å². The Morgan fingerprint density at radius 2 is 1.45 bits per heavy atom. The number of ether oxygens (including phenoxy) is 3. The maximum Gasteiger partial charge on any atom is 0.262 e. The van der Waals surface area contributed by atoms with Crippen molar-refractivity contribution in [1.29, 1.82) is 0 Å². The SMILES string of the molecule is COc1ccc(-c2ccc(-c3nc4ccc(OC)cc4c(=O)n3Cc3cccc(CN)c3)cc2)c(OC)c1. The monoisotopic (exact) mass is 507 g/mol. The average molecular weight is 508 g/mol. The van der Waals surface area contributed by atoms with Crippen LogP contribution in [0.1, 0.15) is 11.1 Å². The predicted octanol–water partition coefficient (Wildman–Crippen LogP) is 5.26. The van der Waals surface area contributed by atoms with Gasteiger partial charge in [0.05, 0.1) is 38.8 Å². The molecule has 0 fully saturated rings. The van der Waals surface area contributed by atoms with Gasteiger partial charge in [-0.05, 0) is 47.0 Å². The molecule has 0 bridgehead atoms. The fourth-order valence-corrected chi connectivity index (χ4v) is 4.57. The largest absolute Gasteiger partial charge is 0.497 e. The highest BCUT2D eigenvalue weighted by atomic mass is 16.5. The maximum atomic E-state index is 13.8. The van der Waals surface area contributed by atoms with Crippen LogP contribution in [0.4, 0.5) is 0 Å². The van der Waals surface area contributed by atoms with Gasteiger partial charge in [-0.1, -0.05) is 48.5 Å². The topological polar surface area (TPSA) is 88.6 Å². The van der Waals surface area contributed by atoms with Crippen LogP contribution in [-0.4, -0.2) is 30.9 Å². The number of nitrogens with two attached hydrogens (primary N) is 1. The van der Waals surface area contributed by atoms with Crippen LogP contribution in [-0.2, 0) is 13.1 Å². The molecular formula is C31H29N3O4. The van der Waals surface area contributed by atoms with Crippen molar-refractivity contribution in [2.75, 3.05) is 21.3 Å². The number of methoxy groups -OCH3 is 3. The van der Waals surface area contributed by atoms with Gasteiger partial charge in [-0.25, -0.2) is 4.98 Å². The smallest absolute Gasteiger partial charge is 0.262 e. The first-order valence-corrected chi connectivity index (χ1v) is 12.2. The molecule has 38 heavy (non-hydrogen) atoms. The quantitative estimate of drug-likeness (QED) is 0.308. The van der Waals surface area contributed by atoms with E-state index in [0.717, 1.165) is 33.6 Å². The van der Waals surface area contributed by atoms with Gasteiger partial charge in [-0.2, -0.15) is 0 Å². The van der Waals surface area contributed by atoms with Gasteiger partial charge >= 0.3 is 0 Å². The minimum atomic E-state index is -0.136. The highest BCUT2D eigenvalue weighted by Gasteiger charge is 2.15. The molecule has 5 aromatic rings. The molecular weight excluding hydrogens is 478 g/mol. The molecule has 7 heteroatoms. The van der Waals surface area contributed by atoms with E-state index in [1.54, 1.807) is 32.0 Å². The van der Waals surface area contributed by atoms with Gasteiger partial charge < -0.3 is 19.9 Å². The number of nitrogens with zero attached hydrogens (tertiary/aromatic N) is 2. The molecule has 0 saturated carbocycles. The zero-order valence-electron chi connectivity index (χ0n) is 21.6. The van der Waals surface area contributed by atoms with E-state index in [2.05, 4.69) is 0 Å². The third-order valence-corrected chi connectivity index (χ3v) is 6.59. The van der Waals surface area contributed by atoms with E-state index in [1.165, 1.54) is 0 Å². The number of rotatable bonds is 8. The van der Waals surface area contributed by atoms with Crippen LogP contribution < -0.4 is 25.5 Å². The first-order chi connectivity index (χ1) is 18.5. The molecule has 5 rings (SSSR count). The van der Waals surface area contributed by atoms with Gasteiger partial charge in [0.1, 0.15) is 23.1 Å². The third kappa shape index (κ3) is 4.84. The summed E-state index contributed by atoms with van der Waals surface area (Å²) < 4.78 is 18.0. The van der Waals surface area contributed by atoms with Crippen molar-refractivity contribution in [3.05, 3.63) is 106 Å². The molecule has 0 amide bonds. The van der Waals surface area contributed by atoms with Crippen molar-refractivity contribution in [1.82, 2.24) is 9.55 Å². The fourth-order valence-electron chi connectivity index (χ4n) is 4.57. The summed E-state index contributed by atoms with van der Waals surface area (Å²) in [5.41, 5.74) is 11.0. The Balaban J connectivity index is 1.63. The predicted molar refractivity (Wildman–Crippen MR) is 150 cm³/mol. The van der Waals surface area contributed by atoms with E-state index in [1.807, 2.05) is 78.9 Å². The Bertz CT molecular complexity index is 1660. The molecule has 0 saturated heterocycles. The minimum Gasteiger partial charge on any atom is -0.497 e. The molecule has 0 spiro atoms. The minimum absolute atomic E-state index is 0.136. The molecule has 192 valence electrons. The Hall–Kier alpha value is -4.62. The van der Waals surface area contributed by atoms with Gasteiger partial charge in [0, 0.05) is 23.7 Å². The second-order valence-corrected chi connectivity index (χ2v) is 8.88. The number of aromatic nitrogens is 2. The number of hydrogen-bond donors (Lipinski definition) is 1. The fraction of sp³-hybridized carbons (Fsp3) is 0.161. The molecule has 7 nitrogen and oxygen atoms in total. The molecule has 0 atom stereocenters. The van der Waals surface area contributed by atoms with E-state index in [0.29, 0.717) is 41.3 Å². The molecule has 0 aliphatic heterocycles. The standard InChI is InChI=1S/C31H29N3O4/c1-36-24-12-14-28-27(16-24)31(35)34(19-21-6-4-5-20(15-21)18-32)30(33-28)23-9-7-22(8-10-23)26-13-11-25(37-2)17-29(26)38-3/h4-17H,18-19,32H2,1-3H3. The molecule has 1 heterocycles. The van der Waals surface area contributed by atoms with Crippen molar-refractivity contribution in [2.45, 2.75) is 13.1 Å². The highest BCUT2D eigenvalue weighted by molar-refractivity contribution is 5.82. The van der Waals surface area contributed by atoms with Crippen LogP contribution in [0.3, 0.4) is 0 Å². The summed E-state index contributed by atoms with van der Waals surface area (Å²) in [4.78, 5) is 18.7. The van der Waals surface area contributed by atoms with Gasteiger partial charge in [0.2, 0.25) is 0 Å². The van der Waals surface area contributed by atoms with Crippen LogP contribution in [0.15, 0.2) is 89.7 Å². The van der Waals surface area contributed by atoms with Crippen molar-refractivity contribution in [3.63, 3.8) is 0 Å². The van der Waals surface area contributed by atoms with Crippen LogP contribution in [0.25, 0.3) is 33.4 Å². The lowest BCUT2D eigenvalue weighted by atomic mass is 10.0. The first-order valence-electron chi connectivity index (χ1n) is 12.2. The van der Waals surface area contributed by atoms with Gasteiger partial charge in [-0.15, -0.1) is 0 Å². The van der Waals surface area contributed by atoms with E-state index in [-0.39, 0.29) is 5.56 Å². The lowest BCUT2D eigenvalue weighted by molar-refractivity contribution is 0.395. The molecule has 2 N–H and O–H groups in total. The van der Waals surface area contributed by atoms with E-state index < -0.39 is 0 Å². The van der Waals surface area contributed by atoms with Gasteiger partial charge in [0.25, 0.3) is 5.56 Å². The summed E-state index contributed by atoms with van der Waals surface area (Å²) in [5.74, 6) is 2.63. The summed E-state index contributed by atoms with van der Waals surface area (Å²) in [7, 11) is 4.85. The molecule has 0 radical (unpaired) electrons. The van der Waals surface area contributed by atoms with Crippen LogP contribution in [0.5, 0.6) is 17.2 Å². The lowest BCUT2D eigenvalue weighted by Gasteiger charge is -2.16. The second kappa shape index (κ2) is 10.8. The summed E-state index contributed by atoms with van der Waals surface area (Å²) >= 11 is 0. The molecule has 0 aliphatic carbocycles. The van der Waals surface area contributed by atoms with Gasteiger partial charge in [0.15, 0.2) is 0 Å². The lowest BCUT2D eigenvalue weighted by Crippen LogP contribution is -2.24. The first kappa shape index (κ1) is 25.0. The van der Waals surface area contributed by atoms with Crippen molar-refractivity contribution >= 4 is 10.9 Å². The van der Waals surface area contributed by atoms with E-state index >= 15 is 0 Å². The molecule has 4 aromatic carbocycles. The molecule has 0 aliphatic rings. The Morgan fingerprint density at radius 1 is 0.763 bits per heavy atom. The summed E-state index contributed by atoms with van der Waals surface area (Å²) in [5, 5.41) is 0.502.